The predicted molar refractivity (Wildman–Crippen MR) is 57.2 cm³/mol. The van der Waals surface area contributed by atoms with Crippen molar-refractivity contribution in [3.8, 4) is 0 Å². The van der Waals surface area contributed by atoms with E-state index in [1.54, 1.807) is 12.2 Å². The fourth-order valence-corrected chi connectivity index (χ4v) is 0.927. The summed E-state index contributed by atoms with van der Waals surface area (Å²) in [6.45, 7) is 9.29. The highest BCUT2D eigenvalue weighted by molar-refractivity contribution is 5.31. The molecule has 72 valence electrons. The van der Waals surface area contributed by atoms with Gasteiger partial charge in [0.05, 0.1) is 0 Å². The molecule has 0 bridgehead atoms. The highest BCUT2D eigenvalue weighted by atomic mass is 19.1. The van der Waals surface area contributed by atoms with Gasteiger partial charge in [-0.3, -0.25) is 0 Å². The molecule has 0 unspecified atom stereocenters. The van der Waals surface area contributed by atoms with Crippen molar-refractivity contribution in [2.24, 2.45) is 0 Å². The molecule has 0 aliphatic rings. The van der Waals surface area contributed by atoms with Gasteiger partial charge < -0.3 is 0 Å². The fraction of sp³-hybridized carbons (Fsp3) is 0.333. The van der Waals surface area contributed by atoms with Gasteiger partial charge in [0.2, 0.25) is 0 Å². The molecule has 0 radical (unpaired) electrons. The Morgan fingerprint density at radius 2 is 1.92 bits per heavy atom. The van der Waals surface area contributed by atoms with Gasteiger partial charge in [-0.2, -0.15) is 0 Å². The normalized spacial score (nSPS) is 14.6. The third-order valence-electron chi connectivity index (χ3n) is 1.75. The summed E-state index contributed by atoms with van der Waals surface area (Å²) in [6.07, 6.45) is 7.33. The molecule has 0 spiro atoms. The minimum absolute atomic E-state index is 0.142. The maximum atomic E-state index is 13.0. The van der Waals surface area contributed by atoms with Crippen LogP contribution < -0.4 is 0 Å². The quantitative estimate of drug-likeness (QED) is 0.446. The molecular formula is C12H17F. The van der Waals surface area contributed by atoms with Gasteiger partial charge in [-0.1, -0.05) is 18.2 Å². The van der Waals surface area contributed by atoms with Crippen LogP contribution in [0.25, 0.3) is 0 Å². The number of allylic oxidation sites excluding steroid dienone is 7. The first kappa shape index (κ1) is 11.9. The van der Waals surface area contributed by atoms with Crippen LogP contribution in [-0.4, -0.2) is 0 Å². The lowest BCUT2D eigenvalue weighted by Gasteiger charge is -1.97. The Kier molecular flexibility index (Phi) is 5.86. The summed E-state index contributed by atoms with van der Waals surface area (Å²) in [5.41, 5.74) is 2.04. The average Bonchev–Trinajstić information content (AvgIpc) is 2.05. The number of hydrogen-bond acceptors (Lipinski definition) is 0. The molecular weight excluding hydrogens is 163 g/mol. The Balaban J connectivity index is 4.59. The third-order valence-corrected chi connectivity index (χ3v) is 1.75. The molecule has 0 nitrogen and oxygen atoms in total. The molecule has 0 rings (SSSR count). The molecule has 0 aromatic heterocycles. The summed E-state index contributed by atoms with van der Waals surface area (Å²) in [4.78, 5) is 0. The zero-order valence-corrected chi connectivity index (χ0v) is 8.60. The van der Waals surface area contributed by atoms with Crippen LogP contribution in [0.5, 0.6) is 0 Å². The molecule has 0 aromatic carbocycles. The van der Waals surface area contributed by atoms with Crippen LogP contribution in [0.1, 0.15) is 27.2 Å². The number of rotatable bonds is 4. The van der Waals surface area contributed by atoms with Crippen LogP contribution in [0, 0.1) is 0 Å². The molecule has 0 saturated carbocycles. The zero-order chi connectivity index (χ0) is 10.3. The first-order valence-corrected chi connectivity index (χ1v) is 4.39. The molecule has 0 amide bonds. The van der Waals surface area contributed by atoms with Gasteiger partial charge >= 0.3 is 0 Å². The smallest absolute Gasteiger partial charge is 0.104 e. The molecule has 0 heterocycles. The van der Waals surface area contributed by atoms with Gasteiger partial charge in [0.25, 0.3) is 0 Å². The monoisotopic (exact) mass is 180 g/mol. The third kappa shape index (κ3) is 5.18. The molecule has 0 N–H and O–H groups in total. The van der Waals surface area contributed by atoms with Gasteiger partial charge in [0.1, 0.15) is 5.83 Å². The Labute approximate surface area is 80.2 Å². The Hall–Kier alpha value is -1.11. The highest BCUT2D eigenvalue weighted by Gasteiger charge is 1.93. The van der Waals surface area contributed by atoms with E-state index in [1.807, 2.05) is 32.9 Å². The molecule has 1 heteroatoms. The molecule has 13 heavy (non-hydrogen) atoms. The average molecular weight is 180 g/mol. The van der Waals surface area contributed by atoms with Crippen LogP contribution >= 0.6 is 0 Å². The van der Waals surface area contributed by atoms with Crippen LogP contribution in [0.4, 0.5) is 4.39 Å². The van der Waals surface area contributed by atoms with Crippen molar-refractivity contribution in [1.29, 1.82) is 0 Å². The summed E-state index contributed by atoms with van der Waals surface area (Å²) in [5.74, 6) is -0.142. The summed E-state index contributed by atoms with van der Waals surface area (Å²) >= 11 is 0. The topological polar surface area (TPSA) is 0 Å². The standard InChI is InChI=1S/C12H17F/c1-5-7-10(3)11(4)9-12(13)8-6-2/h5-7,9H,2,8H2,1,3-4H3/b7-5+,11-10-,12-9+. The minimum Gasteiger partial charge on any atom is -0.211 e. The lowest BCUT2D eigenvalue weighted by Crippen LogP contribution is -1.78. The van der Waals surface area contributed by atoms with Crippen LogP contribution in [0.15, 0.2) is 47.9 Å². The van der Waals surface area contributed by atoms with E-state index in [4.69, 9.17) is 0 Å². The second kappa shape index (κ2) is 6.41. The summed E-state index contributed by atoms with van der Waals surface area (Å²) in [5, 5.41) is 0. The molecule has 0 fully saturated rings. The van der Waals surface area contributed by atoms with Crippen LogP contribution in [-0.2, 0) is 0 Å². The fourth-order valence-electron chi connectivity index (χ4n) is 0.927. The van der Waals surface area contributed by atoms with Gasteiger partial charge in [-0.05, 0) is 38.0 Å². The van der Waals surface area contributed by atoms with Gasteiger partial charge in [-0.15, -0.1) is 6.58 Å². The summed E-state index contributed by atoms with van der Waals surface area (Å²) in [7, 11) is 0. The van der Waals surface area contributed by atoms with Crippen molar-refractivity contribution in [1.82, 2.24) is 0 Å². The molecule has 0 saturated heterocycles. The Bertz CT molecular complexity index is 254. The van der Waals surface area contributed by atoms with E-state index in [-0.39, 0.29) is 5.83 Å². The van der Waals surface area contributed by atoms with Crippen molar-refractivity contribution in [3.63, 3.8) is 0 Å². The van der Waals surface area contributed by atoms with Crippen LogP contribution in [0.2, 0.25) is 0 Å². The van der Waals surface area contributed by atoms with Crippen molar-refractivity contribution in [2.75, 3.05) is 0 Å². The Morgan fingerprint density at radius 1 is 1.31 bits per heavy atom. The van der Waals surface area contributed by atoms with E-state index in [9.17, 15) is 4.39 Å². The van der Waals surface area contributed by atoms with E-state index >= 15 is 0 Å². The SMILES string of the molecule is C=CC\C(F)=C/C(C)=C(C)\C=C\C. The number of hydrogen-bond donors (Lipinski definition) is 0. The predicted octanol–water partition coefficient (Wildman–Crippen LogP) is 4.33. The molecule has 0 aliphatic heterocycles. The Morgan fingerprint density at radius 3 is 2.38 bits per heavy atom. The lowest BCUT2D eigenvalue weighted by molar-refractivity contribution is 0.617. The largest absolute Gasteiger partial charge is 0.211 e. The van der Waals surface area contributed by atoms with Crippen molar-refractivity contribution in [2.45, 2.75) is 27.2 Å². The second-order valence-corrected chi connectivity index (χ2v) is 2.95. The van der Waals surface area contributed by atoms with E-state index in [1.165, 1.54) is 0 Å². The maximum absolute atomic E-state index is 13.0. The van der Waals surface area contributed by atoms with E-state index in [0.717, 1.165) is 11.1 Å². The highest BCUT2D eigenvalue weighted by Crippen LogP contribution is 2.12. The first-order chi connectivity index (χ1) is 6.11. The van der Waals surface area contributed by atoms with Crippen molar-refractivity contribution in [3.05, 3.63) is 47.9 Å². The molecule has 0 aromatic rings. The van der Waals surface area contributed by atoms with Crippen molar-refractivity contribution < 1.29 is 4.39 Å². The molecule has 0 atom stereocenters. The van der Waals surface area contributed by atoms with Gasteiger partial charge in [-0.25, -0.2) is 4.39 Å². The number of halogens is 1. The van der Waals surface area contributed by atoms with E-state index in [2.05, 4.69) is 6.58 Å². The van der Waals surface area contributed by atoms with Gasteiger partial charge in [0, 0.05) is 6.42 Å². The van der Waals surface area contributed by atoms with Gasteiger partial charge in [0.15, 0.2) is 0 Å². The minimum atomic E-state index is -0.142. The zero-order valence-electron chi connectivity index (χ0n) is 8.60. The van der Waals surface area contributed by atoms with E-state index < -0.39 is 0 Å². The van der Waals surface area contributed by atoms with Crippen molar-refractivity contribution >= 4 is 0 Å². The summed E-state index contributed by atoms with van der Waals surface area (Å²) in [6, 6.07) is 0. The van der Waals surface area contributed by atoms with E-state index in [0.29, 0.717) is 6.42 Å². The summed E-state index contributed by atoms with van der Waals surface area (Å²) < 4.78 is 13.0. The lowest BCUT2D eigenvalue weighted by atomic mass is 10.1. The second-order valence-electron chi connectivity index (χ2n) is 2.95. The maximum Gasteiger partial charge on any atom is 0.104 e. The molecule has 0 aliphatic carbocycles. The van der Waals surface area contributed by atoms with Crippen LogP contribution in [0.3, 0.4) is 0 Å². The first-order valence-electron chi connectivity index (χ1n) is 4.39.